The average Bonchev–Trinajstić information content (AvgIpc) is 3.14. The number of allylic oxidation sites excluding steroid dienone is 3. The van der Waals surface area contributed by atoms with E-state index in [1.807, 2.05) is 6.08 Å². The van der Waals surface area contributed by atoms with Crippen LogP contribution in [-0.4, -0.2) is 47.4 Å². The average molecular weight is 734 g/mol. The molecule has 0 rings (SSSR count). The second-order valence-electron chi connectivity index (χ2n) is 15.4. The van der Waals surface area contributed by atoms with Gasteiger partial charge in [0.15, 0.2) is 0 Å². The first-order chi connectivity index (χ1) is 25.5. The van der Waals surface area contributed by atoms with E-state index in [-0.39, 0.29) is 18.5 Å². The number of amides is 1. The van der Waals surface area contributed by atoms with Crippen LogP contribution >= 0.6 is 0 Å². The number of nitrogens with one attached hydrogen (secondary N) is 1. The second kappa shape index (κ2) is 42.1. The van der Waals surface area contributed by atoms with E-state index in [9.17, 15) is 19.8 Å². The largest absolute Gasteiger partial charge is 0.466 e. The van der Waals surface area contributed by atoms with Gasteiger partial charge in [-0.15, -0.1) is 0 Å². The molecule has 6 heteroatoms. The molecule has 2 unspecified atom stereocenters. The summed E-state index contributed by atoms with van der Waals surface area (Å²) in [5, 5.41) is 22.9. The van der Waals surface area contributed by atoms with Gasteiger partial charge >= 0.3 is 5.97 Å². The Balaban J connectivity index is 3.60. The first-order valence-corrected chi connectivity index (χ1v) is 22.6. The van der Waals surface area contributed by atoms with E-state index < -0.39 is 12.1 Å². The second-order valence-corrected chi connectivity index (χ2v) is 15.4. The van der Waals surface area contributed by atoms with Crippen LogP contribution in [0.1, 0.15) is 232 Å². The maximum absolute atomic E-state index is 12.4. The van der Waals surface area contributed by atoms with Crippen LogP contribution in [0.3, 0.4) is 0 Å². The molecule has 0 spiro atoms. The summed E-state index contributed by atoms with van der Waals surface area (Å²) in [4.78, 5) is 24.3. The summed E-state index contributed by atoms with van der Waals surface area (Å²) in [5.41, 5.74) is 0. The highest BCUT2D eigenvalue weighted by molar-refractivity contribution is 5.76. The fraction of sp³-hybridized carbons (Fsp3) is 0.870. The van der Waals surface area contributed by atoms with Gasteiger partial charge in [-0.2, -0.15) is 0 Å². The Labute approximate surface area is 322 Å². The number of unbranched alkanes of at least 4 members (excludes halogenated alkanes) is 28. The molecule has 0 bridgehead atoms. The van der Waals surface area contributed by atoms with Gasteiger partial charge in [0, 0.05) is 12.8 Å². The van der Waals surface area contributed by atoms with Gasteiger partial charge in [0.25, 0.3) is 0 Å². The van der Waals surface area contributed by atoms with Crippen molar-refractivity contribution in [2.24, 2.45) is 0 Å². The third-order valence-corrected chi connectivity index (χ3v) is 10.2. The lowest BCUT2D eigenvalue weighted by Gasteiger charge is -2.19. The molecule has 0 aromatic heterocycles. The zero-order chi connectivity index (χ0) is 38.0. The monoisotopic (exact) mass is 734 g/mol. The molecule has 0 fully saturated rings. The molecule has 0 heterocycles. The molecule has 6 nitrogen and oxygen atoms in total. The molecule has 306 valence electrons. The highest BCUT2D eigenvalue weighted by atomic mass is 16.5. The topological polar surface area (TPSA) is 95.9 Å². The van der Waals surface area contributed by atoms with Gasteiger partial charge < -0.3 is 20.3 Å². The van der Waals surface area contributed by atoms with Gasteiger partial charge in [-0.1, -0.05) is 192 Å². The molecule has 2 atom stereocenters. The van der Waals surface area contributed by atoms with Gasteiger partial charge in [0.05, 0.1) is 25.4 Å². The van der Waals surface area contributed by atoms with Crippen molar-refractivity contribution in [3.05, 3.63) is 24.3 Å². The highest BCUT2D eigenvalue weighted by Crippen LogP contribution is 2.14. The standard InChI is InChI=1S/C46H87NO5/c1-3-5-7-9-11-13-15-17-18-19-22-26-30-34-38-44(49)43(42-48)47-45(50)39-35-31-27-23-21-25-29-33-37-41-52-46(51)40-36-32-28-24-20-16-14-12-10-8-6-4-2/h23,27,34,38,43-44,48-49H,3-22,24-26,28-33,35-37,39-42H2,1-2H3,(H,47,50)/b27-23-,38-34+. The predicted octanol–water partition coefficient (Wildman–Crippen LogP) is 12.8. The molecule has 0 aromatic rings. The van der Waals surface area contributed by atoms with Crippen molar-refractivity contribution in [1.29, 1.82) is 0 Å². The summed E-state index contributed by atoms with van der Waals surface area (Å²) >= 11 is 0. The lowest BCUT2D eigenvalue weighted by atomic mass is 10.0. The van der Waals surface area contributed by atoms with Crippen molar-refractivity contribution >= 4 is 11.9 Å². The molecule has 1 amide bonds. The van der Waals surface area contributed by atoms with Gasteiger partial charge in [0.2, 0.25) is 5.91 Å². The molecule has 0 saturated carbocycles. The maximum atomic E-state index is 12.4. The highest BCUT2D eigenvalue weighted by Gasteiger charge is 2.17. The van der Waals surface area contributed by atoms with Gasteiger partial charge in [0.1, 0.15) is 0 Å². The number of esters is 1. The Morgan fingerprint density at radius 2 is 0.923 bits per heavy atom. The minimum atomic E-state index is -0.873. The van der Waals surface area contributed by atoms with E-state index in [0.29, 0.717) is 19.4 Å². The summed E-state index contributed by atoms with van der Waals surface area (Å²) in [6.07, 6.45) is 47.4. The fourth-order valence-corrected chi connectivity index (χ4v) is 6.69. The van der Waals surface area contributed by atoms with Crippen molar-refractivity contribution in [3.8, 4) is 0 Å². The quantitative estimate of drug-likeness (QED) is 0.0330. The number of carbonyl (C=O) groups is 2. The molecular weight excluding hydrogens is 647 g/mol. The summed E-state index contributed by atoms with van der Waals surface area (Å²) < 4.78 is 5.41. The lowest BCUT2D eigenvalue weighted by Crippen LogP contribution is -2.45. The summed E-state index contributed by atoms with van der Waals surface area (Å²) in [7, 11) is 0. The van der Waals surface area contributed by atoms with E-state index in [1.54, 1.807) is 6.08 Å². The number of ether oxygens (including phenoxy) is 1. The van der Waals surface area contributed by atoms with Crippen LogP contribution in [0.2, 0.25) is 0 Å². The maximum Gasteiger partial charge on any atom is 0.305 e. The van der Waals surface area contributed by atoms with Crippen molar-refractivity contribution < 1.29 is 24.5 Å². The number of hydrogen-bond acceptors (Lipinski definition) is 5. The van der Waals surface area contributed by atoms with Gasteiger partial charge in [-0.3, -0.25) is 9.59 Å². The molecule has 3 N–H and O–H groups in total. The summed E-state index contributed by atoms with van der Waals surface area (Å²) in [6.45, 7) is 4.79. The van der Waals surface area contributed by atoms with Crippen LogP contribution < -0.4 is 5.32 Å². The SMILES string of the molecule is CCCCCCCCCCCCCC/C=C/C(O)C(CO)NC(=O)CCC/C=C\CCCCCCOC(=O)CCCCCCCCCCCCCC. The molecule has 0 radical (unpaired) electrons. The predicted molar refractivity (Wildman–Crippen MR) is 223 cm³/mol. The van der Waals surface area contributed by atoms with E-state index in [4.69, 9.17) is 4.74 Å². The zero-order valence-corrected chi connectivity index (χ0v) is 34.5. The number of aliphatic hydroxyl groups is 2. The summed E-state index contributed by atoms with van der Waals surface area (Å²) in [6, 6.07) is -0.663. The van der Waals surface area contributed by atoms with Crippen LogP contribution in [0.5, 0.6) is 0 Å². The van der Waals surface area contributed by atoms with Crippen LogP contribution in [0.15, 0.2) is 24.3 Å². The lowest BCUT2D eigenvalue weighted by molar-refractivity contribution is -0.143. The zero-order valence-electron chi connectivity index (χ0n) is 34.5. The van der Waals surface area contributed by atoms with Gasteiger partial charge in [-0.25, -0.2) is 0 Å². The molecule has 52 heavy (non-hydrogen) atoms. The number of aliphatic hydroxyl groups excluding tert-OH is 2. The van der Waals surface area contributed by atoms with E-state index >= 15 is 0 Å². The molecule has 0 saturated heterocycles. The Bertz CT molecular complexity index is 813. The molecule has 0 aromatic carbocycles. The third-order valence-electron chi connectivity index (χ3n) is 10.2. The smallest absolute Gasteiger partial charge is 0.305 e. The minimum Gasteiger partial charge on any atom is -0.466 e. The Hall–Kier alpha value is -1.66. The van der Waals surface area contributed by atoms with E-state index in [0.717, 1.165) is 70.6 Å². The first kappa shape index (κ1) is 50.3. The van der Waals surface area contributed by atoms with Crippen molar-refractivity contribution in [2.75, 3.05) is 13.2 Å². The summed E-state index contributed by atoms with van der Waals surface area (Å²) in [5.74, 6) is -0.167. The minimum absolute atomic E-state index is 0.0381. The van der Waals surface area contributed by atoms with E-state index in [2.05, 4.69) is 31.3 Å². The van der Waals surface area contributed by atoms with Crippen LogP contribution in [0.4, 0.5) is 0 Å². The Kier molecular flexibility index (Phi) is 40.7. The number of hydrogen-bond donors (Lipinski definition) is 3. The van der Waals surface area contributed by atoms with Crippen molar-refractivity contribution in [3.63, 3.8) is 0 Å². The molecule has 0 aliphatic heterocycles. The van der Waals surface area contributed by atoms with Crippen LogP contribution in [0.25, 0.3) is 0 Å². The Morgan fingerprint density at radius 3 is 1.40 bits per heavy atom. The van der Waals surface area contributed by atoms with Crippen molar-refractivity contribution in [1.82, 2.24) is 5.32 Å². The third kappa shape index (κ3) is 38.1. The molecule has 0 aliphatic carbocycles. The molecule has 0 aliphatic rings. The first-order valence-electron chi connectivity index (χ1n) is 22.6. The van der Waals surface area contributed by atoms with E-state index in [1.165, 1.54) is 135 Å². The number of rotatable bonds is 41. The van der Waals surface area contributed by atoms with Gasteiger partial charge in [-0.05, 0) is 51.4 Å². The van der Waals surface area contributed by atoms with Crippen LogP contribution in [0, 0.1) is 0 Å². The Morgan fingerprint density at radius 1 is 0.519 bits per heavy atom. The fourth-order valence-electron chi connectivity index (χ4n) is 6.69. The normalized spacial score (nSPS) is 12.9. The van der Waals surface area contributed by atoms with Crippen LogP contribution in [-0.2, 0) is 14.3 Å². The number of carbonyl (C=O) groups excluding carboxylic acids is 2. The van der Waals surface area contributed by atoms with Crippen molar-refractivity contribution in [2.45, 2.75) is 244 Å². The molecular formula is C46H87NO5.